The maximum Gasteiger partial charge on any atom is 0.195 e. The Morgan fingerprint density at radius 3 is 2.67 bits per heavy atom. The van der Waals surface area contributed by atoms with E-state index in [0.29, 0.717) is 27.2 Å². The maximum absolute atomic E-state index is 13.5. The topological polar surface area (TPSA) is 120 Å². The molecule has 0 spiro atoms. The number of benzene rings is 2. The third kappa shape index (κ3) is 3.34. The van der Waals surface area contributed by atoms with Crippen molar-refractivity contribution < 1.29 is 0 Å². The predicted octanol–water partition coefficient (Wildman–Crippen LogP) is 4.27. The highest BCUT2D eigenvalue weighted by Crippen LogP contribution is 2.31. The van der Waals surface area contributed by atoms with Gasteiger partial charge in [-0.25, -0.2) is 9.97 Å². The van der Waals surface area contributed by atoms with E-state index in [4.69, 9.17) is 17.3 Å². The molecule has 8 heteroatoms. The number of aromatic nitrogens is 3. The van der Waals surface area contributed by atoms with Gasteiger partial charge < -0.3 is 16.0 Å². The molecule has 2 heterocycles. The lowest BCUT2D eigenvalue weighted by Gasteiger charge is -2.20. The summed E-state index contributed by atoms with van der Waals surface area (Å²) < 4.78 is 0. The van der Waals surface area contributed by atoms with E-state index in [2.05, 4.69) is 20.3 Å². The van der Waals surface area contributed by atoms with Crippen molar-refractivity contribution in [1.82, 2.24) is 15.0 Å². The molecule has 0 radical (unpaired) electrons. The van der Waals surface area contributed by atoms with E-state index in [1.165, 1.54) is 6.33 Å². The summed E-state index contributed by atoms with van der Waals surface area (Å²) in [6.07, 6.45) is 1.27. The lowest BCUT2D eigenvalue weighted by atomic mass is 9.97. The fourth-order valence-corrected chi connectivity index (χ4v) is 3.65. The minimum Gasteiger partial charge on any atom is -0.382 e. The van der Waals surface area contributed by atoms with Crippen LogP contribution in [0.25, 0.3) is 22.2 Å². The third-order valence-corrected chi connectivity index (χ3v) is 5.17. The zero-order chi connectivity index (χ0) is 21.3. The number of anilines is 2. The molecule has 4 aromatic rings. The van der Waals surface area contributed by atoms with Crippen molar-refractivity contribution in [3.63, 3.8) is 0 Å². The molecule has 0 unspecified atom stereocenters. The van der Waals surface area contributed by atoms with Gasteiger partial charge in [-0.3, -0.25) is 4.79 Å². The van der Waals surface area contributed by atoms with Gasteiger partial charge in [-0.05, 0) is 24.6 Å². The van der Waals surface area contributed by atoms with E-state index in [1.54, 1.807) is 18.2 Å². The van der Waals surface area contributed by atoms with Crippen LogP contribution in [0.4, 0.5) is 11.6 Å². The lowest BCUT2D eigenvalue weighted by molar-refractivity contribution is 0.861. The van der Waals surface area contributed by atoms with E-state index >= 15 is 0 Å². The van der Waals surface area contributed by atoms with Crippen LogP contribution in [-0.2, 0) is 0 Å². The van der Waals surface area contributed by atoms with Gasteiger partial charge in [0.2, 0.25) is 0 Å². The Bertz CT molecular complexity index is 1340. The first-order chi connectivity index (χ1) is 14.5. The molecule has 2 aromatic carbocycles. The Hall–Kier alpha value is -3.89. The summed E-state index contributed by atoms with van der Waals surface area (Å²) in [5.74, 6) is 0.340. The number of hydrogen-bond acceptors (Lipinski definition) is 6. The van der Waals surface area contributed by atoms with Crippen molar-refractivity contribution in [3.05, 3.63) is 81.2 Å². The van der Waals surface area contributed by atoms with Crippen LogP contribution in [0.1, 0.15) is 24.1 Å². The van der Waals surface area contributed by atoms with Crippen LogP contribution in [0.3, 0.4) is 0 Å². The van der Waals surface area contributed by atoms with E-state index < -0.39 is 6.04 Å². The SMILES string of the molecule is C[C@H](Nc1ncnc(N)c1C#N)c1c(-c2ccccc2)[nH]c2c(Cl)cccc2c1=O. The summed E-state index contributed by atoms with van der Waals surface area (Å²) in [6.45, 7) is 1.83. The number of fused-ring (bicyclic) bond motifs is 1. The summed E-state index contributed by atoms with van der Waals surface area (Å²) in [6, 6.07) is 16.2. The molecule has 4 rings (SSSR count). The Labute approximate surface area is 177 Å². The second-order valence-corrected chi connectivity index (χ2v) is 7.14. The number of nitrogens with zero attached hydrogens (tertiary/aromatic N) is 3. The first-order valence-corrected chi connectivity index (χ1v) is 9.56. The van der Waals surface area contributed by atoms with Crippen LogP contribution < -0.4 is 16.5 Å². The molecule has 7 nitrogen and oxygen atoms in total. The molecule has 0 saturated carbocycles. The third-order valence-electron chi connectivity index (χ3n) is 4.86. The van der Waals surface area contributed by atoms with Crippen LogP contribution in [0.5, 0.6) is 0 Å². The molecule has 0 aliphatic heterocycles. The molecule has 0 amide bonds. The van der Waals surface area contributed by atoms with Crippen molar-refractivity contribution in [3.8, 4) is 17.3 Å². The lowest BCUT2D eigenvalue weighted by Crippen LogP contribution is -2.21. The van der Waals surface area contributed by atoms with Crippen molar-refractivity contribution in [2.75, 3.05) is 11.1 Å². The van der Waals surface area contributed by atoms with E-state index in [9.17, 15) is 10.1 Å². The fourth-order valence-electron chi connectivity index (χ4n) is 3.43. The molecule has 2 aromatic heterocycles. The van der Waals surface area contributed by atoms with Gasteiger partial charge in [0.15, 0.2) is 5.43 Å². The molecule has 0 fully saturated rings. The van der Waals surface area contributed by atoms with Crippen molar-refractivity contribution in [2.45, 2.75) is 13.0 Å². The number of pyridine rings is 1. The first-order valence-electron chi connectivity index (χ1n) is 9.18. The highest BCUT2D eigenvalue weighted by atomic mass is 35.5. The molecule has 30 heavy (non-hydrogen) atoms. The first kappa shape index (κ1) is 19.4. The number of nitrogens with one attached hydrogen (secondary N) is 2. The zero-order valence-electron chi connectivity index (χ0n) is 16.0. The van der Waals surface area contributed by atoms with Gasteiger partial charge in [0.1, 0.15) is 29.6 Å². The second kappa shape index (κ2) is 7.85. The van der Waals surface area contributed by atoms with E-state index in [0.717, 1.165) is 5.56 Å². The number of halogens is 1. The summed E-state index contributed by atoms with van der Waals surface area (Å²) in [5.41, 5.74) is 8.31. The number of nitrogen functional groups attached to an aromatic ring is 1. The number of nitrogens with two attached hydrogens (primary N) is 1. The number of hydrogen-bond donors (Lipinski definition) is 3. The van der Waals surface area contributed by atoms with Crippen LogP contribution >= 0.6 is 11.6 Å². The zero-order valence-corrected chi connectivity index (χ0v) is 16.7. The maximum atomic E-state index is 13.5. The fraction of sp³-hybridized carbons (Fsp3) is 0.0909. The quantitative estimate of drug-likeness (QED) is 0.457. The number of rotatable bonds is 4. The van der Waals surface area contributed by atoms with Gasteiger partial charge in [-0.1, -0.05) is 48.0 Å². The Morgan fingerprint density at radius 1 is 1.17 bits per heavy atom. The van der Waals surface area contributed by atoms with Gasteiger partial charge in [0.05, 0.1) is 22.3 Å². The molecule has 1 atom stereocenters. The van der Waals surface area contributed by atoms with Crippen molar-refractivity contribution in [2.24, 2.45) is 0 Å². The van der Waals surface area contributed by atoms with Crippen molar-refractivity contribution in [1.29, 1.82) is 5.26 Å². The highest BCUT2D eigenvalue weighted by molar-refractivity contribution is 6.35. The molecule has 0 saturated heterocycles. The second-order valence-electron chi connectivity index (χ2n) is 6.73. The number of H-pyrrole nitrogens is 1. The summed E-state index contributed by atoms with van der Waals surface area (Å²) in [7, 11) is 0. The molecule has 0 aliphatic carbocycles. The molecule has 148 valence electrons. The standard InChI is InChI=1S/C22H17ClN6O/c1-12(28-22-15(10-24)21(25)26-11-27-22)17-18(13-6-3-2-4-7-13)29-19-14(20(17)30)8-5-9-16(19)23/h2-9,11-12H,1H3,(H,29,30)(H3,25,26,27,28)/t12-/m0/s1. The van der Waals surface area contributed by atoms with Crippen LogP contribution in [-0.4, -0.2) is 15.0 Å². The van der Waals surface area contributed by atoms with Gasteiger partial charge in [-0.15, -0.1) is 0 Å². The summed E-state index contributed by atoms with van der Waals surface area (Å²) in [5, 5.41) is 13.5. The van der Waals surface area contributed by atoms with Gasteiger partial charge in [0.25, 0.3) is 0 Å². The molecular weight excluding hydrogens is 400 g/mol. The number of nitriles is 1. The van der Waals surface area contributed by atoms with Crippen LogP contribution in [0.2, 0.25) is 5.02 Å². The summed E-state index contributed by atoms with van der Waals surface area (Å²) in [4.78, 5) is 24.8. The number of para-hydroxylation sites is 1. The molecular formula is C22H17ClN6O. The average molecular weight is 417 g/mol. The van der Waals surface area contributed by atoms with Gasteiger partial charge in [0, 0.05) is 10.9 Å². The van der Waals surface area contributed by atoms with Crippen LogP contribution in [0.15, 0.2) is 59.7 Å². The predicted molar refractivity (Wildman–Crippen MR) is 118 cm³/mol. The monoisotopic (exact) mass is 416 g/mol. The smallest absolute Gasteiger partial charge is 0.195 e. The van der Waals surface area contributed by atoms with E-state index in [-0.39, 0.29) is 22.6 Å². The largest absolute Gasteiger partial charge is 0.382 e. The van der Waals surface area contributed by atoms with Crippen molar-refractivity contribution >= 4 is 34.1 Å². The Balaban J connectivity index is 1.94. The Kier molecular flexibility index (Phi) is 5.09. The van der Waals surface area contributed by atoms with Crippen LogP contribution in [0, 0.1) is 11.3 Å². The molecule has 0 bridgehead atoms. The van der Waals surface area contributed by atoms with E-state index in [1.807, 2.05) is 43.3 Å². The Morgan fingerprint density at radius 2 is 1.93 bits per heavy atom. The normalized spacial score (nSPS) is 11.8. The molecule has 4 N–H and O–H groups in total. The minimum atomic E-state index is -0.492. The molecule has 0 aliphatic rings. The average Bonchev–Trinajstić information content (AvgIpc) is 2.75. The van der Waals surface area contributed by atoms with Gasteiger partial charge >= 0.3 is 0 Å². The highest BCUT2D eigenvalue weighted by Gasteiger charge is 2.21. The minimum absolute atomic E-state index is 0.0738. The number of aromatic amines is 1. The van der Waals surface area contributed by atoms with Gasteiger partial charge in [-0.2, -0.15) is 5.26 Å². The summed E-state index contributed by atoms with van der Waals surface area (Å²) >= 11 is 6.35.